The number of hydrogen-bond donors (Lipinski definition) is 1. The van der Waals surface area contributed by atoms with Crippen molar-refractivity contribution in [2.24, 2.45) is 0 Å². The van der Waals surface area contributed by atoms with Gasteiger partial charge in [0.15, 0.2) is 0 Å². The van der Waals surface area contributed by atoms with E-state index in [4.69, 9.17) is 0 Å². The van der Waals surface area contributed by atoms with Gasteiger partial charge in [-0.3, -0.25) is 4.79 Å². The van der Waals surface area contributed by atoms with Crippen molar-refractivity contribution in [3.63, 3.8) is 0 Å². The molecule has 1 aromatic rings. The third-order valence-electron chi connectivity index (χ3n) is 3.11. The Morgan fingerprint density at radius 3 is 2.58 bits per heavy atom. The Morgan fingerprint density at radius 2 is 2.11 bits per heavy atom. The first-order chi connectivity index (χ1) is 8.97. The number of amides is 1. The molecule has 19 heavy (non-hydrogen) atoms. The van der Waals surface area contributed by atoms with Gasteiger partial charge in [0.1, 0.15) is 11.9 Å². The van der Waals surface area contributed by atoms with Gasteiger partial charge in [-0.1, -0.05) is 28.1 Å². The van der Waals surface area contributed by atoms with E-state index in [1.165, 1.54) is 29.2 Å². The van der Waals surface area contributed by atoms with Crippen LogP contribution < -0.4 is 0 Å². The van der Waals surface area contributed by atoms with Crippen LogP contribution in [0.3, 0.4) is 0 Å². The molecule has 0 aliphatic carbocycles. The van der Waals surface area contributed by atoms with Crippen LogP contribution in [0, 0.1) is 5.82 Å². The predicted octanol–water partition coefficient (Wildman–Crippen LogP) is 1.82. The lowest BCUT2D eigenvalue weighted by Crippen LogP contribution is -2.43. The summed E-state index contributed by atoms with van der Waals surface area (Å²) in [6, 6.07) is 4.75. The molecule has 1 heterocycles. The van der Waals surface area contributed by atoms with Crippen molar-refractivity contribution in [1.29, 1.82) is 0 Å². The summed E-state index contributed by atoms with van der Waals surface area (Å²) in [4.78, 5) is 24.4. The van der Waals surface area contributed by atoms with E-state index in [-0.39, 0.29) is 23.0 Å². The predicted molar refractivity (Wildman–Crippen MR) is 70.6 cm³/mol. The van der Waals surface area contributed by atoms with Crippen molar-refractivity contribution in [1.82, 2.24) is 4.90 Å². The summed E-state index contributed by atoms with van der Waals surface area (Å²) in [6.07, 6.45) is 0.494. The number of hydrogen-bond acceptors (Lipinski definition) is 2. The van der Waals surface area contributed by atoms with Crippen LogP contribution in [0.25, 0.3) is 0 Å². The second-order valence-corrected chi connectivity index (χ2v) is 5.83. The number of carboxylic acids is 1. The van der Waals surface area contributed by atoms with Crippen molar-refractivity contribution in [3.05, 3.63) is 35.6 Å². The number of halogens is 2. The number of alkyl halides is 1. The van der Waals surface area contributed by atoms with Gasteiger partial charge in [0.2, 0.25) is 5.91 Å². The summed E-state index contributed by atoms with van der Waals surface area (Å²) in [5.41, 5.74) is 0.694. The van der Waals surface area contributed by atoms with Gasteiger partial charge in [-0.2, -0.15) is 0 Å². The molecule has 0 saturated carbocycles. The van der Waals surface area contributed by atoms with E-state index >= 15 is 0 Å². The van der Waals surface area contributed by atoms with E-state index in [2.05, 4.69) is 15.9 Å². The van der Waals surface area contributed by atoms with Gasteiger partial charge in [0.05, 0.1) is 0 Å². The first-order valence-electron chi connectivity index (χ1n) is 5.88. The van der Waals surface area contributed by atoms with Gasteiger partial charge < -0.3 is 10.0 Å². The maximum atomic E-state index is 12.8. The van der Waals surface area contributed by atoms with Crippen molar-refractivity contribution >= 4 is 27.8 Å². The highest BCUT2D eigenvalue weighted by Gasteiger charge is 2.36. The molecule has 2 atom stereocenters. The number of nitrogens with zero attached hydrogens (tertiary/aromatic N) is 1. The van der Waals surface area contributed by atoms with Gasteiger partial charge in [0.25, 0.3) is 0 Å². The van der Waals surface area contributed by atoms with Crippen LogP contribution in [0.4, 0.5) is 4.39 Å². The Bertz CT molecular complexity index is 491. The fraction of sp³-hybridized carbons (Fsp3) is 0.385. The van der Waals surface area contributed by atoms with E-state index in [0.29, 0.717) is 18.5 Å². The Kier molecular flexibility index (Phi) is 4.19. The zero-order valence-corrected chi connectivity index (χ0v) is 11.6. The lowest BCUT2D eigenvalue weighted by molar-refractivity contribution is -0.148. The molecule has 0 aromatic heterocycles. The minimum absolute atomic E-state index is 0.00457. The molecule has 1 aliphatic rings. The summed E-state index contributed by atoms with van der Waals surface area (Å²) in [5.74, 6) is -1.58. The average molecular weight is 330 g/mol. The van der Waals surface area contributed by atoms with Gasteiger partial charge in [-0.05, 0) is 17.7 Å². The highest BCUT2D eigenvalue weighted by Crippen LogP contribution is 2.22. The fourth-order valence-electron chi connectivity index (χ4n) is 2.16. The molecule has 1 aliphatic heterocycles. The Hall–Kier alpha value is -1.43. The molecular weight excluding hydrogens is 317 g/mol. The molecule has 2 rings (SSSR count). The minimum atomic E-state index is -1.04. The van der Waals surface area contributed by atoms with E-state index < -0.39 is 12.0 Å². The smallest absolute Gasteiger partial charge is 0.326 e. The number of benzene rings is 1. The molecular formula is C13H13BrFNO3. The number of carboxylic acid groups (broad SMARTS) is 1. The van der Waals surface area contributed by atoms with Crippen LogP contribution in [0.1, 0.15) is 12.0 Å². The molecule has 0 radical (unpaired) electrons. The number of carbonyl (C=O) groups is 2. The normalized spacial score (nSPS) is 20.6. The first-order valence-corrected chi connectivity index (χ1v) is 6.79. The standard InChI is InChI=1S/C13H13BrFNO3/c14-9-6-12(17)16(7-9)11(13(18)19)5-8-1-3-10(15)4-2-8/h1-4,9,11H,5-7H2,(H,18,19). The second kappa shape index (κ2) is 5.69. The van der Waals surface area contributed by atoms with Crippen LogP contribution in [0.2, 0.25) is 0 Å². The van der Waals surface area contributed by atoms with Crippen molar-refractivity contribution in [2.45, 2.75) is 23.7 Å². The fourth-order valence-corrected chi connectivity index (χ4v) is 2.75. The highest BCUT2D eigenvalue weighted by molar-refractivity contribution is 9.09. The Morgan fingerprint density at radius 1 is 1.47 bits per heavy atom. The Balaban J connectivity index is 2.15. The second-order valence-electron chi connectivity index (χ2n) is 4.53. The van der Waals surface area contributed by atoms with Crippen LogP contribution in [0.15, 0.2) is 24.3 Å². The van der Waals surface area contributed by atoms with Gasteiger partial charge in [0, 0.05) is 24.2 Å². The summed E-state index contributed by atoms with van der Waals surface area (Å²) in [7, 11) is 0. The number of likely N-dealkylation sites (tertiary alicyclic amines) is 1. The third-order valence-corrected chi connectivity index (χ3v) is 3.73. The highest BCUT2D eigenvalue weighted by atomic mass is 79.9. The molecule has 1 N–H and O–H groups in total. The van der Waals surface area contributed by atoms with Crippen molar-refractivity contribution in [2.75, 3.05) is 6.54 Å². The molecule has 0 bridgehead atoms. The van der Waals surface area contributed by atoms with Gasteiger partial charge in [-0.25, -0.2) is 9.18 Å². The molecule has 0 spiro atoms. The quantitative estimate of drug-likeness (QED) is 0.857. The topological polar surface area (TPSA) is 57.6 Å². The zero-order valence-electron chi connectivity index (χ0n) is 10.1. The number of rotatable bonds is 4. The number of aliphatic carboxylic acids is 1. The summed E-state index contributed by atoms with van der Waals surface area (Å²) in [6.45, 7) is 0.386. The minimum Gasteiger partial charge on any atom is -0.480 e. The van der Waals surface area contributed by atoms with Crippen LogP contribution >= 0.6 is 15.9 Å². The molecule has 102 valence electrons. The van der Waals surface area contributed by atoms with E-state index in [1.807, 2.05) is 0 Å². The molecule has 1 amide bonds. The SMILES string of the molecule is O=C(O)C(Cc1ccc(F)cc1)N1CC(Br)CC1=O. The molecule has 6 heteroatoms. The van der Waals surface area contributed by atoms with E-state index in [9.17, 15) is 19.1 Å². The Labute approximate surface area is 118 Å². The lowest BCUT2D eigenvalue weighted by atomic mass is 10.0. The maximum Gasteiger partial charge on any atom is 0.326 e. The summed E-state index contributed by atoms with van der Waals surface area (Å²) >= 11 is 3.33. The molecule has 2 unspecified atom stereocenters. The van der Waals surface area contributed by atoms with Crippen molar-refractivity contribution < 1.29 is 19.1 Å². The summed E-state index contributed by atoms with van der Waals surface area (Å²) in [5, 5.41) is 9.27. The molecule has 1 aromatic carbocycles. The third kappa shape index (κ3) is 3.32. The molecule has 1 saturated heterocycles. The van der Waals surface area contributed by atoms with E-state index in [1.54, 1.807) is 0 Å². The average Bonchev–Trinajstić information content (AvgIpc) is 2.67. The van der Waals surface area contributed by atoms with E-state index in [0.717, 1.165) is 0 Å². The van der Waals surface area contributed by atoms with Gasteiger partial charge >= 0.3 is 5.97 Å². The maximum absolute atomic E-state index is 12.8. The van der Waals surface area contributed by atoms with Crippen LogP contribution in [0.5, 0.6) is 0 Å². The van der Waals surface area contributed by atoms with Crippen LogP contribution in [-0.4, -0.2) is 39.3 Å². The first kappa shape index (κ1) is 14.0. The summed E-state index contributed by atoms with van der Waals surface area (Å²) < 4.78 is 12.8. The number of carbonyl (C=O) groups excluding carboxylic acids is 1. The monoisotopic (exact) mass is 329 g/mol. The van der Waals surface area contributed by atoms with Crippen molar-refractivity contribution in [3.8, 4) is 0 Å². The molecule has 1 fully saturated rings. The molecule has 4 nitrogen and oxygen atoms in total. The lowest BCUT2D eigenvalue weighted by Gasteiger charge is -2.24. The largest absolute Gasteiger partial charge is 0.480 e. The van der Waals surface area contributed by atoms with Gasteiger partial charge in [-0.15, -0.1) is 0 Å². The zero-order chi connectivity index (χ0) is 14.0. The van der Waals surface area contributed by atoms with Crippen LogP contribution in [-0.2, 0) is 16.0 Å².